The fourth-order valence-corrected chi connectivity index (χ4v) is 2.72. The Labute approximate surface area is 134 Å². The average molecular weight is 304 g/mol. The van der Waals surface area contributed by atoms with Crippen LogP contribution in [-0.2, 0) is 0 Å². The van der Waals surface area contributed by atoms with Gasteiger partial charge in [0.1, 0.15) is 5.65 Å². The molecule has 0 bridgehead atoms. The third-order valence-corrected chi connectivity index (χ3v) is 3.99. The maximum absolute atomic E-state index is 4.79. The summed E-state index contributed by atoms with van der Waals surface area (Å²) in [7, 11) is 6.31. The summed E-state index contributed by atoms with van der Waals surface area (Å²) in [4.78, 5) is 16.8. The van der Waals surface area contributed by atoms with Crippen LogP contribution in [0.15, 0.2) is 48.9 Å². The first-order valence-corrected chi connectivity index (χ1v) is 7.53. The van der Waals surface area contributed by atoms with Gasteiger partial charge in [0.15, 0.2) is 0 Å². The number of quaternary nitrogens is 1. The Balaban J connectivity index is 1.88. The fraction of sp³-hybridized carbons (Fsp3) is 0.167. The van der Waals surface area contributed by atoms with E-state index in [0.29, 0.717) is 4.48 Å². The third-order valence-electron chi connectivity index (χ3n) is 3.99. The lowest BCUT2D eigenvalue weighted by Crippen LogP contribution is -2.35. The van der Waals surface area contributed by atoms with Gasteiger partial charge in [0, 0.05) is 41.0 Å². The van der Waals surface area contributed by atoms with Crippen molar-refractivity contribution in [2.75, 3.05) is 21.1 Å². The van der Waals surface area contributed by atoms with Gasteiger partial charge in [0.05, 0.1) is 32.4 Å². The van der Waals surface area contributed by atoms with Gasteiger partial charge in [-0.2, -0.15) is 0 Å². The van der Waals surface area contributed by atoms with E-state index in [4.69, 9.17) is 4.98 Å². The largest absolute Gasteiger partial charge is 0.339 e. The van der Waals surface area contributed by atoms with Crippen molar-refractivity contribution in [1.82, 2.24) is 24.4 Å². The molecule has 0 aromatic carbocycles. The second-order valence-electron chi connectivity index (χ2n) is 6.55. The third kappa shape index (κ3) is 2.35. The molecule has 0 saturated carbocycles. The van der Waals surface area contributed by atoms with Gasteiger partial charge in [-0.15, -0.1) is 0 Å². The molecule has 0 saturated heterocycles. The van der Waals surface area contributed by atoms with Crippen molar-refractivity contribution in [3.05, 3.63) is 48.9 Å². The maximum Gasteiger partial charge on any atom is 0.227 e. The van der Waals surface area contributed by atoms with Crippen LogP contribution >= 0.6 is 0 Å². The molecule has 0 radical (unpaired) electrons. The summed E-state index contributed by atoms with van der Waals surface area (Å²) in [5.41, 5.74) is 3.95. The van der Waals surface area contributed by atoms with Gasteiger partial charge < -0.3 is 4.98 Å². The number of H-pyrrole nitrogens is 1. The summed E-state index contributed by atoms with van der Waals surface area (Å²) < 4.78 is 0.675. The topological polar surface area (TPSA) is 54.5 Å². The summed E-state index contributed by atoms with van der Waals surface area (Å²) in [6.07, 6.45) is 5.50. The van der Waals surface area contributed by atoms with Crippen LogP contribution in [0.2, 0.25) is 0 Å². The molecular weight excluding hydrogens is 286 g/mol. The Bertz CT molecular complexity index is 1010. The number of nitrogens with zero attached hydrogens (tertiary/aromatic N) is 4. The van der Waals surface area contributed by atoms with Crippen molar-refractivity contribution in [1.29, 1.82) is 0 Å². The molecule has 0 atom stereocenters. The second-order valence-corrected chi connectivity index (χ2v) is 6.55. The minimum atomic E-state index is 0.675. The molecule has 23 heavy (non-hydrogen) atoms. The molecule has 1 N–H and O–H groups in total. The summed E-state index contributed by atoms with van der Waals surface area (Å²) in [6.45, 7) is 0. The quantitative estimate of drug-likeness (QED) is 0.578. The monoisotopic (exact) mass is 304 g/mol. The Morgan fingerprint density at radius 3 is 2.65 bits per heavy atom. The first-order valence-electron chi connectivity index (χ1n) is 7.53. The average Bonchev–Trinajstić information content (AvgIpc) is 2.92. The van der Waals surface area contributed by atoms with Crippen molar-refractivity contribution >= 4 is 27.8 Å². The molecular formula is C18H18N5+. The molecule has 0 amide bonds. The number of pyridine rings is 3. The smallest absolute Gasteiger partial charge is 0.227 e. The molecule has 5 heteroatoms. The van der Waals surface area contributed by atoms with Crippen LogP contribution in [0.5, 0.6) is 0 Å². The van der Waals surface area contributed by atoms with E-state index < -0.39 is 0 Å². The molecule has 0 fully saturated rings. The number of aromatic nitrogens is 4. The van der Waals surface area contributed by atoms with Crippen LogP contribution < -0.4 is 4.48 Å². The van der Waals surface area contributed by atoms with E-state index >= 15 is 0 Å². The van der Waals surface area contributed by atoms with E-state index in [0.717, 1.165) is 39.0 Å². The van der Waals surface area contributed by atoms with Crippen LogP contribution in [0.1, 0.15) is 0 Å². The van der Waals surface area contributed by atoms with Gasteiger partial charge in [0.2, 0.25) is 5.82 Å². The number of aromatic amines is 1. The predicted octanol–water partition coefficient (Wildman–Crippen LogP) is 3.37. The zero-order valence-corrected chi connectivity index (χ0v) is 13.4. The molecule has 4 aromatic heterocycles. The van der Waals surface area contributed by atoms with Gasteiger partial charge in [-0.25, -0.2) is 9.97 Å². The zero-order chi connectivity index (χ0) is 16.0. The van der Waals surface area contributed by atoms with Crippen molar-refractivity contribution in [3.63, 3.8) is 0 Å². The highest BCUT2D eigenvalue weighted by Gasteiger charge is 2.15. The van der Waals surface area contributed by atoms with E-state index in [1.165, 1.54) is 0 Å². The molecule has 4 rings (SSSR count). The van der Waals surface area contributed by atoms with Gasteiger partial charge >= 0.3 is 0 Å². The fourth-order valence-electron chi connectivity index (χ4n) is 2.72. The zero-order valence-electron chi connectivity index (χ0n) is 13.4. The first kappa shape index (κ1) is 13.8. The highest BCUT2D eigenvalue weighted by Crippen LogP contribution is 2.27. The molecule has 0 aliphatic heterocycles. The Morgan fingerprint density at radius 1 is 0.957 bits per heavy atom. The van der Waals surface area contributed by atoms with Crippen LogP contribution in [0.4, 0.5) is 5.82 Å². The number of fused-ring (bicyclic) bond motifs is 3. The standard InChI is InChI=1S/C18H18N5/c1-23(2,3)17-10-12(6-9-20-17)15-5-4-13-14-11-19-8-7-16(14)22-18(13)21-15/h4-11H,1-3H3,(H,21,22)/q+1. The van der Waals surface area contributed by atoms with Crippen LogP contribution in [0.25, 0.3) is 33.2 Å². The van der Waals surface area contributed by atoms with Crippen molar-refractivity contribution < 1.29 is 0 Å². The van der Waals surface area contributed by atoms with Gasteiger partial charge in [-0.3, -0.25) is 9.47 Å². The number of hydrogen-bond donors (Lipinski definition) is 1. The molecule has 114 valence electrons. The Hall–Kier alpha value is -2.79. The molecule has 5 nitrogen and oxygen atoms in total. The molecule has 0 spiro atoms. The van der Waals surface area contributed by atoms with Crippen molar-refractivity contribution in [2.24, 2.45) is 0 Å². The highest BCUT2D eigenvalue weighted by molar-refractivity contribution is 6.05. The summed E-state index contributed by atoms with van der Waals surface area (Å²) in [6, 6.07) is 10.2. The van der Waals surface area contributed by atoms with E-state index in [1.807, 2.05) is 24.5 Å². The van der Waals surface area contributed by atoms with Gasteiger partial charge in [-0.05, 0) is 24.3 Å². The van der Waals surface area contributed by atoms with Crippen LogP contribution in [-0.4, -0.2) is 41.1 Å². The SMILES string of the molecule is C[N+](C)(C)c1cc(-c2ccc3c(n2)[nH]c2ccncc23)ccn1. The number of nitrogens with one attached hydrogen (secondary N) is 1. The normalized spacial score (nSPS) is 12.1. The Morgan fingerprint density at radius 2 is 1.83 bits per heavy atom. The van der Waals surface area contributed by atoms with E-state index in [-0.39, 0.29) is 0 Å². The lowest BCUT2D eigenvalue weighted by Gasteiger charge is -2.22. The Kier molecular flexibility index (Phi) is 2.92. The minimum absolute atomic E-state index is 0.675. The van der Waals surface area contributed by atoms with Gasteiger partial charge in [-0.1, -0.05) is 0 Å². The molecule has 0 unspecified atom stereocenters. The first-order chi connectivity index (χ1) is 11.0. The molecule has 4 heterocycles. The molecule has 4 aromatic rings. The molecule has 0 aliphatic carbocycles. The second kappa shape index (κ2) is 4.86. The molecule has 0 aliphatic rings. The van der Waals surface area contributed by atoms with E-state index in [2.05, 4.69) is 54.3 Å². The maximum atomic E-state index is 4.79. The number of hydrogen-bond acceptors (Lipinski definition) is 3. The highest BCUT2D eigenvalue weighted by atomic mass is 15.3. The van der Waals surface area contributed by atoms with Crippen LogP contribution in [0.3, 0.4) is 0 Å². The minimum Gasteiger partial charge on any atom is -0.339 e. The summed E-state index contributed by atoms with van der Waals surface area (Å²) in [5.74, 6) is 1.00. The van der Waals surface area contributed by atoms with Crippen molar-refractivity contribution in [3.8, 4) is 11.3 Å². The summed E-state index contributed by atoms with van der Waals surface area (Å²) in [5, 5.41) is 2.20. The van der Waals surface area contributed by atoms with E-state index in [9.17, 15) is 0 Å². The number of rotatable bonds is 2. The van der Waals surface area contributed by atoms with E-state index in [1.54, 1.807) is 6.20 Å². The lowest BCUT2D eigenvalue weighted by molar-refractivity contribution is 0.473. The van der Waals surface area contributed by atoms with Crippen molar-refractivity contribution in [2.45, 2.75) is 0 Å². The lowest BCUT2D eigenvalue weighted by atomic mass is 10.1. The van der Waals surface area contributed by atoms with Gasteiger partial charge in [0.25, 0.3) is 0 Å². The summed E-state index contributed by atoms with van der Waals surface area (Å²) >= 11 is 0. The van der Waals surface area contributed by atoms with Crippen LogP contribution in [0, 0.1) is 0 Å². The predicted molar refractivity (Wildman–Crippen MR) is 94.2 cm³/mol.